The normalized spacial score (nSPS) is 12.4. The van der Waals surface area contributed by atoms with E-state index in [2.05, 4.69) is 21.5 Å². The Bertz CT molecular complexity index is 1030. The van der Waals surface area contributed by atoms with Gasteiger partial charge in [0.25, 0.3) is 0 Å². The van der Waals surface area contributed by atoms with Crippen LogP contribution in [-0.2, 0) is 4.74 Å². The lowest BCUT2D eigenvalue weighted by molar-refractivity contribution is 0.0918. The summed E-state index contributed by atoms with van der Waals surface area (Å²) >= 11 is 12.3. The number of carbonyl (C=O) groups is 1. The summed E-state index contributed by atoms with van der Waals surface area (Å²) in [5, 5.41) is 1.41. The zero-order chi connectivity index (χ0) is 20.4. The van der Waals surface area contributed by atoms with Crippen LogP contribution in [0.4, 0.5) is 0 Å². The Balaban J connectivity index is 1.84. The van der Waals surface area contributed by atoms with E-state index in [1.165, 1.54) is 6.33 Å². The second-order valence-electron chi connectivity index (χ2n) is 6.63. The van der Waals surface area contributed by atoms with E-state index in [-0.39, 0.29) is 24.3 Å². The number of rotatable bonds is 7. The molecule has 0 bridgehead atoms. The first-order valence-corrected chi connectivity index (χ1v) is 9.52. The van der Waals surface area contributed by atoms with Crippen LogP contribution in [0.5, 0.6) is 5.88 Å². The van der Waals surface area contributed by atoms with Crippen LogP contribution in [0.3, 0.4) is 0 Å². The number of hydrogen-bond acceptors (Lipinski definition) is 5. The van der Waals surface area contributed by atoms with Gasteiger partial charge in [-0.05, 0) is 39.0 Å². The first-order chi connectivity index (χ1) is 13.3. The molecule has 3 aromatic rings. The lowest BCUT2D eigenvalue weighted by atomic mass is 10.1. The Hall–Kier alpha value is -2.15. The monoisotopic (exact) mass is 421 g/mol. The fourth-order valence-corrected chi connectivity index (χ4v) is 3.99. The first kappa shape index (κ1) is 20.6. The summed E-state index contributed by atoms with van der Waals surface area (Å²) in [7, 11) is 1.66. The average molecular weight is 422 g/mol. The number of ether oxygens (including phenoxy) is 2. The number of aryl methyl sites for hydroxylation is 1. The standard InChI is InChI=1S/C20H21Cl2N3O3/c1-11-5-15(13(3)25(11)12(2)8-27-4)18(26)9-28-20-16-6-14(21)7-17(22)19(16)23-10-24-20/h5-7,10,12H,8-9H2,1-4H3. The molecule has 0 amide bonds. The molecule has 0 aliphatic rings. The number of ketones is 1. The van der Waals surface area contributed by atoms with Crippen molar-refractivity contribution in [2.75, 3.05) is 20.3 Å². The number of hydrogen-bond donors (Lipinski definition) is 0. The highest BCUT2D eigenvalue weighted by molar-refractivity contribution is 6.38. The van der Waals surface area contributed by atoms with E-state index in [0.717, 1.165) is 11.4 Å². The SMILES string of the molecule is COCC(C)n1c(C)cc(C(=O)COc2ncnc3c(Cl)cc(Cl)cc23)c1C. The minimum atomic E-state index is -0.154. The summed E-state index contributed by atoms with van der Waals surface area (Å²) in [5.74, 6) is 0.133. The summed E-state index contributed by atoms with van der Waals surface area (Å²) in [6.45, 7) is 6.35. The van der Waals surface area contributed by atoms with E-state index in [4.69, 9.17) is 32.7 Å². The molecule has 0 saturated carbocycles. The predicted octanol–water partition coefficient (Wildman–Crippen LogP) is 4.82. The number of fused-ring (bicyclic) bond motifs is 1. The quantitative estimate of drug-likeness (QED) is 0.511. The van der Waals surface area contributed by atoms with Gasteiger partial charge in [-0.2, -0.15) is 0 Å². The number of halogens is 2. The second kappa shape index (κ2) is 8.47. The van der Waals surface area contributed by atoms with Crippen LogP contribution in [-0.4, -0.2) is 40.6 Å². The van der Waals surface area contributed by atoms with Crippen LogP contribution in [0, 0.1) is 13.8 Å². The van der Waals surface area contributed by atoms with Gasteiger partial charge in [0, 0.05) is 29.1 Å². The average Bonchev–Trinajstić information content (AvgIpc) is 2.94. The van der Waals surface area contributed by atoms with Gasteiger partial charge in [-0.25, -0.2) is 9.97 Å². The lowest BCUT2D eigenvalue weighted by Crippen LogP contribution is -2.16. The number of nitrogens with zero attached hydrogens (tertiary/aromatic N) is 3. The van der Waals surface area contributed by atoms with Gasteiger partial charge < -0.3 is 14.0 Å². The minimum Gasteiger partial charge on any atom is -0.469 e. The van der Waals surface area contributed by atoms with E-state index in [0.29, 0.717) is 33.1 Å². The maximum atomic E-state index is 12.8. The van der Waals surface area contributed by atoms with Crippen molar-refractivity contribution < 1.29 is 14.3 Å². The van der Waals surface area contributed by atoms with E-state index in [9.17, 15) is 4.79 Å². The molecule has 2 aromatic heterocycles. The minimum absolute atomic E-state index is 0.127. The van der Waals surface area contributed by atoms with Gasteiger partial charge in [0.2, 0.25) is 11.7 Å². The molecule has 148 valence electrons. The topological polar surface area (TPSA) is 66.2 Å². The van der Waals surface area contributed by atoms with Gasteiger partial charge in [-0.3, -0.25) is 4.79 Å². The molecule has 1 atom stereocenters. The van der Waals surface area contributed by atoms with Crippen molar-refractivity contribution in [2.24, 2.45) is 0 Å². The van der Waals surface area contributed by atoms with E-state index in [1.807, 2.05) is 19.9 Å². The van der Waals surface area contributed by atoms with Gasteiger partial charge in [-0.15, -0.1) is 0 Å². The van der Waals surface area contributed by atoms with Crippen LogP contribution in [0.2, 0.25) is 10.0 Å². The smallest absolute Gasteiger partial charge is 0.225 e. The molecule has 0 aliphatic carbocycles. The molecule has 28 heavy (non-hydrogen) atoms. The van der Waals surface area contributed by atoms with Gasteiger partial charge in [-0.1, -0.05) is 23.2 Å². The summed E-state index contributed by atoms with van der Waals surface area (Å²) in [6, 6.07) is 5.27. The van der Waals surface area contributed by atoms with Crippen molar-refractivity contribution >= 4 is 39.9 Å². The Morgan fingerprint density at radius 1 is 1.21 bits per heavy atom. The van der Waals surface area contributed by atoms with Gasteiger partial charge in [0.1, 0.15) is 6.33 Å². The van der Waals surface area contributed by atoms with Gasteiger partial charge in [0.05, 0.1) is 28.6 Å². The third kappa shape index (κ3) is 3.99. The third-order valence-electron chi connectivity index (χ3n) is 4.59. The molecule has 0 radical (unpaired) electrons. The third-order valence-corrected chi connectivity index (χ3v) is 5.10. The Morgan fingerprint density at radius 3 is 2.68 bits per heavy atom. The van der Waals surface area contributed by atoms with Crippen molar-refractivity contribution in [3.63, 3.8) is 0 Å². The molecule has 1 unspecified atom stereocenters. The van der Waals surface area contributed by atoms with Gasteiger partial charge in [0.15, 0.2) is 6.61 Å². The van der Waals surface area contributed by atoms with Crippen LogP contribution in [0.1, 0.15) is 34.7 Å². The highest BCUT2D eigenvalue weighted by Crippen LogP contribution is 2.31. The number of Topliss-reactive ketones (excluding diaryl/α,β-unsaturated/α-hetero) is 1. The van der Waals surface area contributed by atoms with Crippen LogP contribution in [0.15, 0.2) is 24.5 Å². The Labute approximate surface area is 173 Å². The molecule has 2 heterocycles. The molecule has 8 heteroatoms. The summed E-state index contributed by atoms with van der Waals surface area (Å²) in [6.07, 6.45) is 1.35. The van der Waals surface area contributed by atoms with Crippen LogP contribution in [0.25, 0.3) is 10.9 Å². The predicted molar refractivity (Wildman–Crippen MR) is 110 cm³/mol. The molecule has 0 saturated heterocycles. The highest BCUT2D eigenvalue weighted by atomic mass is 35.5. The maximum absolute atomic E-state index is 12.8. The number of benzene rings is 1. The van der Waals surface area contributed by atoms with Crippen LogP contribution < -0.4 is 4.74 Å². The molecular formula is C20H21Cl2N3O3. The van der Waals surface area contributed by atoms with Crippen molar-refractivity contribution in [2.45, 2.75) is 26.8 Å². The Kier molecular flexibility index (Phi) is 6.23. The molecule has 0 N–H and O–H groups in total. The first-order valence-electron chi connectivity index (χ1n) is 8.76. The summed E-state index contributed by atoms with van der Waals surface area (Å²) < 4.78 is 13.0. The molecule has 6 nitrogen and oxygen atoms in total. The zero-order valence-corrected chi connectivity index (χ0v) is 17.6. The Morgan fingerprint density at radius 2 is 1.96 bits per heavy atom. The summed E-state index contributed by atoms with van der Waals surface area (Å²) in [4.78, 5) is 21.1. The van der Waals surface area contributed by atoms with E-state index < -0.39 is 0 Å². The maximum Gasteiger partial charge on any atom is 0.225 e. The number of aromatic nitrogens is 3. The van der Waals surface area contributed by atoms with Crippen molar-refractivity contribution in [3.05, 3.63) is 51.5 Å². The van der Waals surface area contributed by atoms with Crippen LogP contribution >= 0.6 is 23.2 Å². The molecule has 1 aromatic carbocycles. The number of carbonyl (C=O) groups excluding carboxylic acids is 1. The largest absolute Gasteiger partial charge is 0.469 e. The molecule has 0 fully saturated rings. The lowest BCUT2D eigenvalue weighted by Gasteiger charge is -2.17. The fraction of sp³-hybridized carbons (Fsp3) is 0.350. The van der Waals surface area contributed by atoms with E-state index in [1.54, 1.807) is 19.2 Å². The van der Waals surface area contributed by atoms with Crippen molar-refractivity contribution in [1.29, 1.82) is 0 Å². The fourth-order valence-electron chi connectivity index (χ4n) is 3.45. The van der Waals surface area contributed by atoms with Gasteiger partial charge >= 0.3 is 0 Å². The zero-order valence-electron chi connectivity index (χ0n) is 16.1. The second-order valence-corrected chi connectivity index (χ2v) is 7.48. The van der Waals surface area contributed by atoms with Crippen molar-refractivity contribution in [1.82, 2.24) is 14.5 Å². The highest BCUT2D eigenvalue weighted by Gasteiger charge is 2.20. The molecular weight excluding hydrogens is 401 g/mol. The molecule has 0 spiro atoms. The molecule has 3 rings (SSSR count). The van der Waals surface area contributed by atoms with E-state index >= 15 is 0 Å². The summed E-state index contributed by atoms with van der Waals surface area (Å²) in [5.41, 5.74) is 3.02. The molecule has 0 aliphatic heterocycles. The van der Waals surface area contributed by atoms with Crippen molar-refractivity contribution in [3.8, 4) is 5.88 Å². The number of methoxy groups -OCH3 is 1.